The lowest BCUT2D eigenvalue weighted by atomic mass is 10.1. The Morgan fingerprint density at radius 1 is 1.19 bits per heavy atom. The Bertz CT molecular complexity index is 1020. The first-order valence-corrected chi connectivity index (χ1v) is 9.29. The van der Waals surface area contributed by atoms with Crippen LogP contribution in [0.5, 0.6) is 5.75 Å². The summed E-state index contributed by atoms with van der Waals surface area (Å²) in [5.41, 5.74) is 0.624. The molecule has 0 saturated carbocycles. The number of imidazole rings is 1. The van der Waals surface area contributed by atoms with E-state index in [1.807, 2.05) is 0 Å². The van der Waals surface area contributed by atoms with Gasteiger partial charge in [-0.15, -0.1) is 0 Å². The van der Waals surface area contributed by atoms with Gasteiger partial charge in [-0.25, -0.2) is 17.8 Å². The second-order valence-electron chi connectivity index (χ2n) is 5.66. The van der Waals surface area contributed by atoms with E-state index in [-0.39, 0.29) is 0 Å². The molecule has 0 radical (unpaired) electrons. The van der Waals surface area contributed by atoms with Crippen LogP contribution in [0.1, 0.15) is 17.4 Å². The Morgan fingerprint density at radius 3 is 2.62 bits per heavy atom. The lowest BCUT2D eigenvalue weighted by Gasteiger charge is -2.20. The number of aryl methyl sites for hydroxylation is 1. The Balaban J connectivity index is 2.07. The summed E-state index contributed by atoms with van der Waals surface area (Å²) in [6.45, 7) is 0. The maximum absolute atomic E-state index is 14.0. The number of methoxy groups -OCH3 is 1. The summed E-state index contributed by atoms with van der Waals surface area (Å²) < 4.78 is 49.1. The van der Waals surface area contributed by atoms with Gasteiger partial charge >= 0.3 is 0 Å². The van der Waals surface area contributed by atoms with Gasteiger partial charge in [-0.2, -0.15) is 4.72 Å². The van der Waals surface area contributed by atoms with Crippen molar-refractivity contribution in [2.24, 2.45) is 7.05 Å². The van der Waals surface area contributed by atoms with E-state index < -0.39 is 26.8 Å². The fourth-order valence-electron chi connectivity index (χ4n) is 2.63. The van der Waals surface area contributed by atoms with Gasteiger partial charge < -0.3 is 9.30 Å². The highest BCUT2D eigenvalue weighted by atomic mass is 32.2. The summed E-state index contributed by atoms with van der Waals surface area (Å²) >= 11 is 0. The number of hydrogen-bond donors (Lipinski definition) is 1. The molecule has 0 spiro atoms. The number of nitrogens with one attached hydrogen (secondary N) is 1. The van der Waals surface area contributed by atoms with Crippen molar-refractivity contribution >= 4 is 10.0 Å². The van der Waals surface area contributed by atoms with Crippen LogP contribution >= 0.6 is 0 Å². The smallest absolute Gasteiger partial charge is 0.244 e. The number of sulfonamides is 1. The average molecular weight is 375 g/mol. The van der Waals surface area contributed by atoms with E-state index >= 15 is 0 Å². The molecule has 0 aliphatic heterocycles. The molecule has 1 unspecified atom stereocenters. The molecular weight excluding hydrogens is 357 g/mol. The molecule has 3 aromatic rings. The van der Waals surface area contributed by atoms with Gasteiger partial charge in [-0.05, 0) is 29.8 Å². The summed E-state index contributed by atoms with van der Waals surface area (Å²) in [5.74, 6) is 0.231. The summed E-state index contributed by atoms with van der Waals surface area (Å²) in [6, 6.07) is 11.4. The maximum atomic E-state index is 14.0. The Kier molecular flexibility index (Phi) is 5.06. The molecular formula is C18H18FN3O3S. The SMILES string of the molecule is COc1cccc(C(NS(=O)(=O)c2ccccc2F)c2nccn2C)c1. The summed E-state index contributed by atoms with van der Waals surface area (Å²) in [5, 5.41) is 0. The Hall–Kier alpha value is -2.71. The molecule has 1 aromatic heterocycles. The van der Waals surface area contributed by atoms with Crippen LogP contribution in [0.15, 0.2) is 65.8 Å². The van der Waals surface area contributed by atoms with Gasteiger partial charge in [-0.1, -0.05) is 24.3 Å². The molecule has 6 nitrogen and oxygen atoms in total. The van der Waals surface area contributed by atoms with Crippen LogP contribution < -0.4 is 9.46 Å². The third kappa shape index (κ3) is 3.61. The number of ether oxygens (including phenoxy) is 1. The van der Waals surface area contributed by atoms with Gasteiger partial charge in [0.2, 0.25) is 10.0 Å². The molecule has 2 aromatic carbocycles. The van der Waals surface area contributed by atoms with E-state index in [9.17, 15) is 12.8 Å². The fourth-order valence-corrected chi connectivity index (χ4v) is 3.89. The van der Waals surface area contributed by atoms with E-state index in [0.717, 1.165) is 6.07 Å². The normalized spacial score (nSPS) is 12.7. The van der Waals surface area contributed by atoms with E-state index in [4.69, 9.17) is 4.74 Å². The predicted octanol–water partition coefficient (Wildman–Crippen LogP) is 2.64. The van der Waals surface area contributed by atoms with Crippen molar-refractivity contribution in [2.75, 3.05) is 7.11 Å². The maximum Gasteiger partial charge on any atom is 0.244 e. The molecule has 1 N–H and O–H groups in total. The van der Waals surface area contributed by atoms with Crippen LogP contribution in [-0.4, -0.2) is 25.1 Å². The van der Waals surface area contributed by atoms with Crippen LogP contribution in [-0.2, 0) is 17.1 Å². The Labute approximate surface area is 151 Å². The molecule has 0 fully saturated rings. The largest absolute Gasteiger partial charge is 0.497 e. The van der Waals surface area contributed by atoms with Gasteiger partial charge in [-0.3, -0.25) is 0 Å². The number of hydrogen-bond acceptors (Lipinski definition) is 4. The van der Waals surface area contributed by atoms with Gasteiger partial charge in [0.05, 0.1) is 7.11 Å². The highest BCUT2D eigenvalue weighted by molar-refractivity contribution is 7.89. The fraction of sp³-hybridized carbons (Fsp3) is 0.167. The van der Waals surface area contributed by atoms with Crippen molar-refractivity contribution in [3.8, 4) is 5.75 Å². The zero-order chi connectivity index (χ0) is 18.7. The van der Waals surface area contributed by atoms with E-state index in [2.05, 4.69) is 9.71 Å². The van der Waals surface area contributed by atoms with Crippen LogP contribution in [0.2, 0.25) is 0 Å². The zero-order valence-corrected chi connectivity index (χ0v) is 15.1. The quantitative estimate of drug-likeness (QED) is 0.719. The molecule has 0 aliphatic carbocycles. The first-order valence-electron chi connectivity index (χ1n) is 7.80. The minimum absolute atomic E-state index is 0.415. The molecule has 0 saturated heterocycles. The molecule has 1 atom stereocenters. The van der Waals surface area contributed by atoms with Crippen LogP contribution in [0.25, 0.3) is 0 Å². The standard InChI is InChI=1S/C18H18FN3O3S/c1-22-11-10-20-18(22)17(13-6-5-7-14(12-13)25-2)21-26(23,24)16-9-4-3-8-15(16)19/h3-12,17,21H,1-2H3. The molecule has 0 bridgehead atoms. The van der Waals surface area contributed by atoms with Crippen molar-refractivity contribution in [3.05, 3.63) is 78.1 Å². The van der Waals surface area contributed by atoms with Crippen molar-refractivity contribution in [1.29, 1.82) is 0 Å². The molecule has 26 heavy (non-hydrogen) atoms. The number of halogens is 1. The third-order valence-corrected chi connectivity index (χ3v) is 5.40. The van der Waals surface area contributed by atoms with Crippen LogP contribution in [0.4, 0.5) is 4.39 Å². The lowest BCUT2D eigenvalue weighted by Crippen LogP contribution is -2.31. The Morgan fingerprint density at radius 2 is 1.96 bits per heavy atom. The first-order chi connectivity index (χ1) is 12.4. The van der Waals surface area contributed by atoms with Crippen molar-refractivity contribution in [1.82, 2.24) is 14.3 Å². The second-order valence-corrected chi connectivity index (χ2v) is 7.34. The average Bonchev–Trinajstić information content (AvgIpc) is 3.06. The molecule has 8 heteroatoms. The zero-order valence-electron chi connectivity index (χ0n) is 14.3. The highest BCUT2D eigenvalue weighted by Crippen LogP contribution is 2.26. The number of nitrogens with zero attached hydrogens (tertiary/aromatic N) is 2. The van der Waals surface area contributed by atoms with Gasteiger partial charge in [0.1, 0.15) is 28.3 Å². The molecule has 0 aliphatic rings. The van der Waals surface area contributed by atoms with Gasteiger partial charge in [0.25, 0.3) is 0 Å². The van der Waals surface area contributed by atoms with E-state index in [1.165, 1.54) is 25.3 Å². The first kappa shape index (κ1) is 18.1. The van der Waals surface area contributed by atoms with Crippen LogP contribution in [0.3, 0.4) is 0 Å². The second kappa shape index (κ2) is 7.27. The van der Waals surface area contributed by atoms with Gasteiger partial charge in [0.15, 0.2) is 0 Å². The predicted molar refractivity (Wildman–Crippen MR) is 94.8 cm³/mol. The summed E-state index contributed by atoms with van der Waals surface area (Å²) in [4.78, 5) is 3.83. The lowest BCUT2D eigenvalue weighted by molar-refractivity contribution is 0.413. The number of aromatic nitrogens is 2. The van der Waals surface area contributed by atoms with E-state index in [1.54, 1.807) is 48.3 Å². The molecule has 3 rings (SSSR count). The summed E-state index contributed by atoms with van der Waals surface area (Å²) in [7, 11) is -0.837. The minimum atomic E-state index is -4.12. The summed E-state index contributed by atoms with van der Waals surface area (Å²) in [6.07, 6.45) is 3.28. The van der Waals surface area contributed by atoms with Crippen LogP contribution in [0, 0.1) is 5.82 Å². The topological polar surface area (TPSA) is 73.2 Å². The van der Waals surface area contributed by atoms with Crippen molar-refractivity contribution in [3.63, 3.8) is 0 Å². The monoisotopic (exact) mass is 375 g/mol. The van der Waals surface area contributed by atoms with Crippen molar-refractivity contribution < 1.29 is 17.5 Å². The molecule has 136 valence electrons. The van der Waals surface area contributed by atoms with Crippen molar-refractivity contribution in [2.45, 2.75) is 10.9 Å². The molecule has 0 amide bonds. The number of benzene rings is 2. The van der Waals surface area contributed by atoms with Gasteiger partial charge in [0, 0.05) is 19.4 Å². The number of rotatable bonds is 6. The van der Waals surface area contributed by atoms with E-state index in [0.29, 0.717) is 17.1 Å². The minimum Gasteiger partial charge on any atom is -0.497 e. The highest BCUT2D eigenvalue weighted by Gasteiger charge is 2.27. The third-order valence-electron chi connectivity index (χ3n) is 3.94. The molecule has 1 heterocycles.